The van der Waals surface area contributed by atoms with Crippen molar-refractivity contribution in [3.8, 4) is 0 Å². The summed E-state index contributed by atoms with van der Waals surface area (Å²) in [6, 6.07) is 0. The smallest absolute Gasteiger partial charge is 0.0811 e. The fraction of sp³-hybridized carbons (Fsp3) is 0.769. The summed E-state index contributed by atoms with van der Waals surface area (Å²) < 4.78 is 6.19. The van der Waals surface area contributed by atoms with E-state index < -0.39 is 17.8 Å². The number of rotatable bonds is 6. The highest BCUT2D eigenvalue weighted by molar-refractivity contribution is 5.38. The summed E-state index contributed by atoms with van der Waals surface area (Å²) >= 11 is 0. The summed E-state index contributed by atoms with van der Waals surface area (Å²) in [4.78, 5) is 0. The third-order valence-corrected chi connectivity index (χ3v) is 7.96. The fourth-order valence-electron chi connectivity index (χ4n) is 6.13. The van der Waals surface area contributed by atoms with Crippen LogP contribution >= 0.6 is 0 Å². The van der Waals surface area contributed by atoms with Gasteiger partial charge in [-0.1, -0.05) is 31.2 Å². The van der Waals surface area contributed by atoms with E-state index in [0.717, 1.165) is 17.6 Å². The molecule has 0 aromatic heterocycles. The second kappa shape index (κ2) is 9.28. The van der Waals surface area contributed by atoms with Gasteiger partial charge >= 0.3 is 0 Å². The van der Waals surface area contributed by atoms with Crippen LogP contribution in [-0.2, 0) is 4.74 Å². The molecule has 3 saturated carbocycles. The molecule has 0 heterocycles. The number of hydrogen-bond acceptors (Lipinski definition) is 4. The van der Waals surface area contributed by atoms with E-state index in [2.05, 4.69) is 32.6 Å². The van der Waals surface area contributed by atoms with E-state index in [0.29, 0.717) is 37.7 Å². The van der Waals surface area contributed by atoms with Gasteiger partial charge in [0.2, 0.25) is 0 Å². The molecule has 3 fully saturated rings. The summed E-state index contributed by atoms with van der Waals surface area (Å²) in [7, 11) is 0. The van der Waals surface area contributed by atoms with E-state index >= 15 is 0 Å². The van der Waals surface area contributed by atoms with Crippen LogP contribution in [0.4, 0.5) is 0 Å². The van der Waals surface area contributed by atoms with Gasteiger partial charge in [0, 0.05) is 13.0 Å². The summed E-state index contributed by atoms with van der Waals surface area (Å²) in [6.45, 7) is 13.0. The molecular weight excluding hydrogens is 376 g/mol. The van der Waals surface area contributed by atoms with Gasteiger partial charge in [0.1, 0.15) is 0 Å². The highest BCUT2D eigenvalue weighted by Gasteiger charge is 2.51. The molecule has 0 amide bonds. The first-order valence-electron chi connectivity index (χ1n) is 11.8. The predicted molar refractivity (Wildman–Crippen MR) is 121 cm³/mol. The Labute approximate surface area is 182 Å². The van der Waals surface area contributed by atoms with Gasteiger partial charge in [0.25, 0.3) is 0 Å². The lowest BCUT2D eigenvalue weighted by atomic mass is 9.62. The summed E-state index contributed by atoms with van der Waals surface area (Å²) in [5.74, 6) is 1.11. The highest BCUT2D eigenvalue weighted by atomic mass is 16.5. The quantitative estimate of drug-likeness (QED) is 0.585. The molecule has 4 nitrogen and oxygen atoms in total. The Morgan fingerprint density at radius 3 is 2.70 bits per heavy atom. The van der Waals surface area contributed by atoms with Crippen LogP contribution in [0, 0.1) is 17.3 Å². The molecule has 30 heavy (non-hydrogen) atoms. The number of ether oxygens (including phenoxy) is 1. The standard InChI is InChI=1S/C26H42O4/c1-17-20(15-21(27)16-24(17)28)9-8-19-7-6-12-26(5)22(10-11-23(19)26)18(2)30-14-13-25(3,4)29/h8-9,18,21-24,27-29H,1,6-7,10-16H2,2-5H3/t18-,21-,22-,23+,24+,26-/m1/s1. The lowest BCUT2D eigenvalue weighted by molar-refractivity contribution is -0.0454. The van der Waals surface area contributed by atoms with Crippen molar-refractivity contribution >= 4 is 0 Å². The molecule has 0 unspecified atom stereocenters. The lowest BCUT2D eigenvalue weighted by Gasteiger charge is -2.44. The highest BCUT2D eigenvalue weighted by Crippen LogP contribution is 2.58. The summed E-state index contributed by atoms with van der Waals surface area (Å²) in [5, 5.41) is 30.1. The normalized spacial score (nSPS) is 38.8. The Hall–Kier alpha value is -0.940. The zero-order chi connectivity index (χ0) is 22.1. The van der Waals surface area contributed by atoms with E-state index in [9.17, 15) is 15.3 Å². The minimum Gasteiger partial charge on any atom is -0.393 e. The molecule has 0 aromatic rings. The van der Waals surface area contributed by atoms with Gasteiger partial charge in [0.15, 0.2) is 0 Å². The van der Waals surface area contributed by atoms with Crippen LogP contribution in [0.2, 0.25) is 0 Å². The molecule has 3 aliphatic carbocycles. The van der Waals surface area contributed by atoms with E-state index in [-0.39, 0.29) is 11.5 Å². The van der Waals surface area contributed by atoms with Gasteiger partial charge in [-0.3, -0.25) is 0 Å². The first kappa shape index (κ1) is 23.7. The third kappa shape index (κ3) is 5.27. The van der Waals surface area contributed by atoms with Gasteiger partial charge in [0.05, 0.1) is 23.9 Å². The number of allylic oxidation sites excluding steroid dienone is 3. The van der Waals surface area contributed by atoms with Crippen LogP contribution in [0.3, 0.4) is 0 Å². The second-order valence-corrected chi connectivity index (χ2v) is 10.8. The molecule has 0 spiro atoms. The second-order valence-electron chi connectivity index (χ2n) is 10.8. The van der Waals surface area contributed by atoms with Crippen molar-refractivity contribution < 1.29 is 20.1 Å². The molecule has 0 radical (unpaired) electrons. The minimum atomic E-state index is -0.680. The molecular formula is C26H42O4. The van der Waals surface area contributed by atoms with Gasteiger partial charge in [-0.15, -0.1) is 0 Å². The molecule has 0 bridgehead atoms. The maximum absolute atomic E-state index is 10.1. The number of hydrogen-bond donors (Lipinski definition) is 3. The summed E-state index contributed by atoms with van der Waals surface area (Å²) in [6.07, 6.45) is 11.0. The lowest BCUT2D eigenvalue weighted by Crippen LogP contribution is -2.39. The van der Waals surface area contributed by atoms with Crippen molar-refractivity contribution in [3.63, 3.8) is 0 Å². The van der Waals surface area contributed by atoms with Crippen LogP contribution in [0.1, 0.15) is 79.1 Å². The van der Waals surface area contributed by atoms with Crippen LogP contribution in [0.25, 0.3) is 0 Å². The largest absolute Gasteiger partial charge is 0.393 e. The van der Waals surface area contributed by atoms with Crippen molar-refractivity contribution in [2.45, 2.75) is 103 Å². The summed E-state index contributed by atoms with van der Waals surface area (Å²) in [5.41, 5.74) is 2.82. The van der Waals surface area contributed by atoms with Crippen molar-refractivity contribution in [1.29, 1.82) is 0 Å². The van der Waals surface area contributed by atoms with Crippen LogP contribution in [0.15, 0.2) is 35.5 Å². The molecule has 6 atom stereocenters. The molecule has 0 saturated heterocycles. The average Bonchev–Trinajstić information content (AvgIpc) is 3.00. The molecule has 170 valence electrons. The monoisotopic (exact) mass is 418 g/mol. The first-order chi connectivity index (χ1) is 14.0. The maximum atomic E-state index is 10.1. The van der Waals surface area contributed by atoms with Gasteiger partial charge in [-0.25, -0.2) is 0 Å². The van der Waals surface area contributed by atoms with E-state index in [1.807, 2.05) is 13.8 Å². The zero-order valence-corrected chi connectivity index (χ0v) is 19.4. The van der Waals surface area contributed by atoms with E-state index in [4.69, 9.17) is 4.74 Å². The van der Waals surface area contributed by atoms with Crippen LogP contribution < -0.4 is 0 Å². The Bertz CT molecular complexity index is 686. The average molecular weight is 419 g/mol. The molecule has 4 heteroatoms. The van der Waals surface area contributed by atoms with Gasteiger partial charge in [-0.2, -0.15) is 0 Å². The topological polar surface area (TPSA) is 69.9 Å². The Balaban J connectivity index is 1.70. The molecule has 0 aliphatic heterocycles. The predicted octanol–water partition coefficient (Wildman–Crippen LogP) is 4.69. The number of fused-ring (bicyclic) bond motifs is 1. The van der Waals surface area contributed by atoms with Crippen molar-refractivity contribution in [1.82, 2.24) is 0 Å². The van der Waals surface area contributed by atoms with Crippen LogP contribution in [-0.4, -0.2) is 45.8 Å². The molecule has 0 aromatic carbocycles. The number of aliphatic hydroxyl groups excluding tert-OH is 2. The third-order valence-electron chi connectivity index (χ3n) is 7.96. The van der Waals surface area contributed by atoms with Crippen LogP contribution in [0.5, 0.6) is 0 Å². The molecule has 3 rings (SSSR count). The van der Waals surface area contributed by atoms with Gasteiger partial charge < -0.3 is 20.1 Å². The van der Waals surface area contributed by atoms with Gasteiger partial charge in [-0.05, 0) is 94.1 Å². The van der Waals surface area contributed by atoms with E-state index in [1.165, 1.54) is 31.3 Å². The zero-order valence-electron chi connectivity index (χ0n) is 19.4. The Morgan fingerprint density at radius 2 is 2.00 bits per heavy atom. The fourth-order valence-corrected chi connectivity index (χ4v) is 6.13. The first-order valence-corrected chi connectivity index (χ1v) is 11.8. The SMILES string of the molecule is C=C1C(=CC=C2CCC[C@]3(C)[C@@H]([C@@H](C)OCCC(C)(C)O)CC[C@@H]23)C[C@@H](O)C[C@@H]1O. The molecule has 3 N–H and O–H groups in total. The Morgan fingerprint density at radius 1 is 1.27 bits per heavy atom. The molecule has 3 aliphatic rings. The maximum Gasteiger partial charge on any atom is 0.0811 e. The van der Waals surface area contributed by atoms with Crippen molar-refractivity contribution in [2.75, 3.05) is 6.61 Å². The number of aliphatic hydroxyl groups is 3. The minimum absolute atomic E-state index is 0.198. The van der Waals surface area contributed by atoms with Crippen molar-refractivity contribution in [2.24, 2.45) is 17.3 Å². The van der Waals surface area contributed by atoms with Crippen molar-refractivity contribution in [3.05, 3.63) is 35.5 Å². The van der Waals surface area contributed by atoms with E-state index in [1.54, 1.807) is 0 Å². The Kier molecular flexibility index (Phi) is 7.33.